The summed E-state index contributed by atoms with van der Waals surface area (Å²) in [4.78, 5) is 0. The van der Waals surface area contributed by atoms with E-state index in [0.717, 1.165) is 22.4 Å². The normalized spacial score (nSPS) is 10.6. The monoisotopic (exact) mass is 249 g/mol. The van der Waals surface area contributed by atoms with Crippen LogP contribution in [0.2, 0.25) is 0 Å². The molecule has 0 amide bonds. The van der Waals surface area contributed by atoms with Gasteiger partial charge in [0.1, 0.15) is 11.5 Å². The molecule has 3 aromatic rings. The molecule has 0 aliphatic heterocycles. The van der Waals surface area contributed by atoms with Crippen LogP contribution in [-0.2, 0) is 6.54 Å². The molecule has 0 saturated carbocycles. The summed E-state index contributed by atoms with van der Waals surface area (Å²) in [5.41, 5.74) is 6.79. The molecule has 94 valence electrons. The first kappa shape index (κ1) is 11.8. The van der Waals surface area contributed by atoms with Crippen molar-refractivity contribution in [2.45, 2.75) is 6.54 Å². The molecule has 3 rings (SSSR count). The van der Waals surface area contributed by atoms with Crippen LogP contribution in [-0.4, -0.2) is 0 Å². The Balaban J connectivity index is 1.94. The summed E-state index contributed by atoms with van der Waals surface area (Å²) in [5.74, 6) is 1.69. The lowest BCUT2D eigenvalue weighted by molar-refractivity contribution is 0.483. The average Bonchev–Trinajstić information content (AvgIpc) is 2.48. The second-order valence-electron chi connectivity index (χ2n) is 4.46. The molecule has 2 nitrogen and oxygen atoms in total. The highest BCUT2D eigenvalue weighted by Crippen LogP contribution is 2.26. The SMILES string of the molecule is NCc1ccc2cc(Oc3ccccc3)ccc2c1. The molecule has 0 heterocycles. The third-order valence-electron chi connectivity index (χ3n) is 3.09. The molecule has 0 aliphatic rings. The summed E-state index contributed by atoms with van der Waals surface area (Å²) in [5, 5.41) is 2.34. The first-order valence-electron chi connectivity index (χ1n) is 6.31. The van der Waals surface area contributed by atoms with Crippen LogP contribution < -0.4 is 10.5 Å². The van der Waals surface area contributed by atoms with E-state index in [1.807, 2.05) is 42.5 Å². The van der Waals surface area contributed by atoms with Gasteiger partial charge in [0.2, 0.25) is 0 Å². The molecule has 0 fully saturated rings. The van der Waals surface area contributed by atoms with E-state index in [9.17, 15) is 0 Å². The van der Waals surface area contributed by atoms with E-state index in [4.69, 9.17) is 10.5 Å². The molecule has 0 spiro atoms. The fraction of sp³-hybridized carbons (Fsp3) is 0.0588. The van der Waals surface area contributed by atoms with Crippen molar-refractivity contribution in [3.8, 4) is 11.5 Å². The zero-order valence-corrected chi connectivity index (χ0v) is 10.5. The number of hydrogen-bond donors (Lipinski definition) is 1. The van der Waals surface area contributed by atoms with E-state index in [-0.39, 0.29) is 0 Å². The lowest BCUT2D eigenvalue weighted by atomic mass is 10.1. The highest BCUT2D eigenvalue weighted by Gasteiger charge is 2.00. The van der Waals surface area contributed by atoms with Crippen LogP contribution in [0.5, 0.6) is 11.5 Å². The number of hydrogen-bond acceptors (Lipinski definition) is 2. The highest BCUT2D eigenvalue weighted by atomic mass is 16.5. The molecule has 0 saturated heterocycles. The molecule has 0 aliphatic carbocycles. The minimum atomic E-state index is 0.568. The Hall–Kier alpha value is -2.32. The molecule has 2 N–H and O–H groups in total. The van der Waals surface area contributed by atoms with Crippen molar-refractivity contribution in [2.24, 2.45) is 5.73 Å². The van der Waals surface area contributed by atoms with E-state index in [1.54, 1.807) is 0 Å². The lowest BCUT2D eigenvalue weighted by Crippen LogP contribution is -1.95. The number of fused-ring (bicyclic) bond motifs is 1. The topological polar surface area (TPSA) is 35.2 Å². The zero-order chi connectivity index (χ0) is 13.1. The molecule has 3 aromatic carbocycles. The van der Waals surface area contributed by atoms with Gasteiger partial charge in [-0.25, -0.2) is 0 Å². The van der Waals surface area contributed by atoms with Crippen LogP contribution in [0.25, 0.3) is 10.8 Å². The van der Waals surface area contributed by atoms with E-state index in [2.05, 4.69) is 24.3 Å². The Bertz CT molecular complexity index is 692. The fourth-order valence-electron chi connectivity index (χ4n) is 2.09. The number of ether oxygens (including phenoxy) is 1. The van der Waals surface area contributed by atoms with Gasteiger partial charge < -0.3 is 10.5 Å². The third kappa shape index (κ3) is 2.59. The summed E-state index contributed by atoms with van der Waals surface area (Å²) in [7, 11) is 0. The Kier molecular flexibility index (Phi) is 3.17. The average molecular weight is 249 g/mol. The van der Waals surface area contributed by atoms with Crippen molar-refractivity contribution in [3.63, 3.8) is 0 Å². The van der Waals surface area contributed by atoms with Crippen molar-refractivity contribution in [1.82, 2.24) is 0 Å². The second-order valence-corrected chi connectivity index (χ2v) is 4.46. The smallest absolute Gasteiger partial charge is 0.128 e. The molecule has 0 aromatic heterocycles. The Labute approximate surface area is 112 Å². The van der Waals surface area contributed by atoms with Gasteiger partial charge in [0.05, 0.1) is 0 Å². The number of benzene rings is 3. The van der Waals surface area contributed by atoms with Crippen LogP contribution in [0, 0.1) is 0 Å². The maximum absolute atomic E-state index is 5.82. The molecule has 0 bridgehead atoms. The summed E-state index contributed by atoms with van der Waals surface area (Å²) < 4.78 is 5.82. The van der Waals surface area contributed by atoms with Gasteiger partial charge in [-0.2, -0.15) is 0 Å². The molecule has 0 atom stereocenters. The van der Waals surface area contributed by atoms with Gasteiger partial charge in [0.15, 0.2) is 0 Å². The quantitative estimate of drug-likeness (QED) is 0.758. The van der Waals surface area contributed by atoms with Crippen molar-refractivity contribution in [1.29, 1.82) is 0 Å². The van der Waals surface area contributed by atoms with Crippen molar-refractivity contribution >= 4 is 10.8 Å². The van der Waals surface area contributed by atoms with Crippen LogP contribution in [0.1, 0.15) is 5.56 Å². The second kappa shape index (κ2) is 5.12. The standard InChI is InChI=1S/C17H15NO/c18-12-13-6-7-15-11-17(9-8-14(15)10-13)19-16-4-2-1-3-5-16/h1-11H,12,18H2. The molecule has 19 heavy (non-hydrogen) atoms. The highest BCUT2D eigenvalue weighted by molar-refractivity contribution is 5.84. The van der Waals surface area contributed by atoms with Gasteiger partial charge in [0, 0.05) is 6.54 Å². The predicted octanol–water partition coefficient (Wildman–Crippen LogP) is 4.09. The van der Waals surface area contributed by atoms with E-state index < -0.39 is 0 Å². The minimum absolute atomic E-state index is 0.568. The minimum Gasteiger partial charge on any atom is -0.457 e. The molecular weight excluding hydrogens is 234 g/mol. The van der Waals surface area contributed by atoms with Gasteiger partial charge in [-0.15, -0.1) is 0 Å². The van der Waals surface area contributed by atoms with E-state index in [1.165, 1.54) is 5.39 Å². The van der Waals surface area contributed by atoms with Crippen molar-refractivity contribution < 1.29 is 4.74 Å². The van der Waals surface area contributed by atoms with E-state index in [0.29, 0.717) is 6.54 Å². The van der Waals surface area contributed by atoms with Crippen LogP contribution >= 0.6 is 0 Å². The number of rotatable bonds is 3. The van der Waals surface area contributed by atoms with Crippen LogP contribution in [0.4, 0.5) is 0 Å². The fourth-order valence-corrected chi connectivity index (χ4v) is 2.09. The molecule has 0 radical (unpaired) electrons. The van der Waals surface area contributed by atoms with Gasteiger partial charge in [-0.05, 0) is 46.7 Å². The largest absolute Gasteiger partial charge is 0.457 e. The van der Waals surface area contributed by atoms with Crippen LogP contribution in [0.15, 0.2) is 66.7 Å². The first-order chi connectivity index (χ1) is 9.35. The van der Waals surface area contributed by atoms with Gasteiger partial charge in [-0.1, -0.05) is 36.4 Å². The third-order valence-corrected chi connectivity index (χ3v) is 3.09. The maximum Gasteiger partial charge on any atom is 0.128 e. The molecular formula is C17H15NO. The molecule has 2 heteroatoms. The Morgan fingerprint density at radius 1 is 0.737 bits per heavy atom. The van der Waals surface area contributed by atoms with Gasteiger partial charge in [-0.3, -0.25) is 0 Å². The van der Waals surface area contributed by atoms with Crippen molar-refractivity contribution in [2.75, 3.05) is 0 Å². The summed E-state index contributed by atoms with van der Waals surface area (Å²) in [6.07, 6.45) is 0. The lowest BCUT2D eigenvalue weighted by Gasteiger charge is -2.07. The number of para-hydroxylation sites is 1. The summed E-state index contributed by atoms with van der Waals surface area (Å²) in [6.45, 7) is 0.568. The summed E-state index contributed by atoms with van der Waals surface area (Å²) >= 11 is 0. The Morgan fingerprint density at radius 2 is 1.47 bits per heavy atom. The van der Waals surface area contributed by atoms with Gasteiger partial charge in [0.25, 0.3) is 0 Å². The van der Waals surface area contributed by atoms with Crippen LogP contribution in [0.3, 0.4) is 0 Å². The molecule has 0 unspecified atom stereocenters. The van der Waals surface area contributed by atoms with E-state index >= 15 is 0 Å². The van der Waals surface area contributed by atoms with Crippen molar-refractivity contribution in [3.05, 3.63) is 72.3 Å². The van der Waals surface area contributed by atoms with Gasteiger partial charge >= 0.3 is 0 Å². The first-order valence-corrected chi connectivity index (χ1v) is 6.31. The maximum atomic E-state index is 5.82. The Morgan fingerprint density at radius 3 is 2.26 bits per heavy atom. The summed E-state index contributed by atoms with van der Waals surface area (Å²) in [6, 6.07) is 22.1. The number of nitrogens with two attached hydrogens (primary N) is 1. The zero-order valence-electron chi connectivity index (χ0n) is 10.5. The predicted molar refractivity (Wildman–Crippen MR) is 78.4 cm³/mol.